The van der Waals surface area contributed by atoms with E-state index < -0.39 is 99.0 Å². The van der Waals surface area contributed by atoms with Crippen molar-refractivity contribution in [1.29, 1.82) is 0 Å². The van der Waals surface area contributed by atoms with Crippen LogP contribution in [0.2, 0.25) is 0 Å². The van der Waals surface area contributed by atoms with Crippen LogP contribution in [0.4, 0.5) is 13.2 Å². The lowest BCUT2D eigenvalue weighted by molar-refractivity contribution is -0.147. The van der Waals surface area contributed by atoms with Gasteiger partial charge < -0.3 is 31.1 Å². The second-order valence-corrected chi connectivity index (χ2v) is 12.2. The molecule has 1 aromatic carbocycles. The summed E-state index contributed by atoms with van der Waals surface area (Å²) in [7, 11) is 1.67. The number of rotatable bonds is 5. The molecule has 0 saturated heterocycles. The lowest BCUT2D eigenvalue weighted by atomic mass is 9.59. The van der Waals surface area contributed by atoms with E-state index in [1.54, 1.807) is 11.9 Å². The van der Waals surface area contributed by atoms with Crippen molar-refractivity contribution in [3.05, 3.63) is 45.2 Å². The van der Waals surface area contributed by atoms with Gasteiger partial charge in [-0.05, 0) is 61.4 Å². The minimum atomic E-state index is -4.87. The maximum absolute atomic E-state index is 14.5. The van der Waals surface area contributed by atoms with Crippen LogP contribution in [0.25, 0.3) is 5.76 Å². The number of nitrogens with zero attached hydrogens (tertiary/aromatic N) is 1. The number of carbonyl (C=O) groups excluding carboxylic acids is 3. The first kappa shape index (κ1) is 29.6. The number of aliphatic hydroxyl groups excluding tert-OH is 2. The number of primary amides is 1. The van der Waals surface area contributed by atoms with Gasteiger partial charge in [0.25, 0.3) is 5.91 Å². The zero-order valence-electron chi connectivity index (χ0n) is 22.6. The van der Waals surface area contributed by atoms with Gasteiger partial charge in [0.15, 0.2) is 11.4 Å². The molecule has 0 aliphatic heterocycles. The van der Waals surface area contributed by atoms with Gasteiger partial charge in [-0.1, -0.05) is 20.8 Å². The molecular formula is C28H33F3N2O7. The minimum absolute atomic E-state index is 0.0517. The first-order valence-electron chi connectivity index (χ1n) is 12.9. The van der Waals surface area contributed by atoms with Crippen LogP contribution in [0.15, 0.2) is 23.0 Å². The summed E-state index contributed by atoms with van der Waals surface area (Å²) in [6.45, 7) is 6.38. The fourth-order valence-electron chi connectivity index (χ4n) is 6.13. The van der Waals surface area contributed by atoms with Crippen molar-refractivity contribution in [3.8, 4) is 5.75 Å². The Labute approximate surface area is 228 Å². The summed E-state index contributed by atoms with van der Waals surface area (Å²) in [5, 5.41) is 43.8. The SMILES string of the molecule is CN(CCC(C)(C)C)Cc1cc(O)c2c(c1C(F)(F)F)CC1C[C@H]3CC(=O)C(C(N)=O)=C(O)[C@@]3(O)C(=O)C1=C2O. The number of hydrogen-bond donors (Lipinski definition) is 5. The molecule has 1 amide bonds. The molecule has 1 saturated carbocycles. The standard InChI is InChI=1S/C28H33F3N2O7/c1-26(2,3)5-6-33(4)11-13-9-16(34)19-15(21(13)28(29,30)31)8-12-7-14-10-17(35)20(25(32)39)24(38)27(14,40)23(37)18(12)22(19)36/h9,12,14,34,36,38,40H,5-8,10-11H2,1-4H3,(H2,32,39)/t12?,14-,27-/m0/s1. The zero-order chi connectivity index (χ0) is 30.1. The Kier molecular flexibility index (Phi) is 7.12. The quantitative estimate of drug-likeness (QED) is 0.339. The summed E-state index contributed by atoms with van der Waals surface area (Å²) >= 11 is 0. The number of aromatic hydroxyl groups is 1. The minimum Gasteiger partial charge on any atom is -0.508 e. The highest BCUT2D eigenvalue weighted by atomic mass is 19.4. The molecule has 3 aliphatic carbocycles. The Bertz CT molecular complexity index is 1370. The smallest absolute Gasteiger partial charge is 0.417 e. The van der Waals surface area contributed by atoms with Gasteiger partial charge in [-0.25, -0.2) is 0 Å². The first-order chi connectivity index (χ1) is 18.3. The lowest BCUT2D eigenvalue weighted by Crippen LogP contribution is -2.58. The highest BCUT2D eigenvalue weighted by Gasteiger charge is 2.60. The fraction of sp³-hybridized carbons (Fsp3) is 0.536. The number of phenols is 1. The molecule has 0 aromatic heterocycles. The topological polar surface area (TPSA) is 161 Å². The number of nitrogens with two attached hydrogens (primary N) is 1. The number of fused-ring (bicyclic) bond motifs is 3. The van der Waals surface area contributed by atoms with Crippen molar-refractivity contribution in [2.75, 3.05) is 13.6 Å². The molecule has 0 radical (unpaired) electrons. The van der Waals surface area contributed by atoms with E-state index in [0.29, 0.717) is 13.0 Å². The van der Waals surface area contributed by atoms with Gasteiger partial charge in [0, 0.05) is 24.5 Å². The molecule has 6 N–H and O–H groups in total. The highest BCUT2D eigenvalue weighted by Crippen LogP contribution is 2.54. The molecule has 3 atom stereocenters. The number of ketones is 2. The zero-order valence-corrected chi connectivity index (χ0v) is 22.6. The molecule has 0 heterocycles. The molecule has 4 rings (SSSR count). The van der Waals surface area contributed by atoms with Gasteiger partial charge in [-0.2, -0.15) is 13.2 Å². The van der Waals surface area contributed by atoms with Crippen molar-refractivity contribution in [2.24, 2.45) is 23.0 Å². The van der Waals surface area contributed by atoms with Crippen LogP contribution in [0.3, 0.4) is 0 Å². The van der Waals surface area contributed by atoms with E-state index in [-0.39, 0.29) is 23.9 Å². The second-order valence-electron chi connectivity index (χ2n) is 12.2. The van der Waals surface area contributed by atoms with Crippen LogP contribution in [0, 0.1) is 17.3 Å². The number of halogens is 3. The molecule has 40 heavy (non-hydrogen) atoms. The molecule has 1 aromatic rings. The Morgan fingerprint density at radius 1 is 1.15 bits per heavy atom. The maximum atomic E-state index is 14.5. The van der Waals surface area contributed by atoms with Crippen molar-refractivity contribution in [2.45, 2.75) is 64.8 Å². The van der Waals surface area contributed by atoms with Gasteiger partial charge >= 0.3 is 6.18 Å². The lowest BCUT2D eigenvalue weighted by Gasteiger charge is -2.46. The van der Waals surface area contributed by atoms with Crippen LogP contribution < -0.4 is 5.73 Å². The number of carbonyl (C=O) groups is 3. The average molecular weight is 567 g/mol. The normalized spacial score (nSPS) is 25.2. The number of phenolic OH excluding ortho intramolecular Hbond substituents is 1. The van der Waals surface area contributed by atoms with E-state index in [9.17, 15) is 48.0 Å². The average Bonchev–Trinajstić information content (AvgIpc) is 2.78. The van der Waals surface area contributed by atoms with Crippen LogP contribution >= 0.6 is 0 Å². The van der Waals surface area contributed by atoms with E-state index in [0.717, 1.165) is 6.07 Å². The third kappa shape index (κ3) is 4.77. The molecule has 0 bridgehead atoms. The Morgan fingerprint density at radius 3 is 2.33 bits per heavy atom. The molecule has 1 unspecified atom stereocenters. The van der Waals surface area contributed by atoms with E-state index in [1.165, 1.54) is 0 Å². The van der Waals surface area contributed by atoms with Gasteiger partial charge in [0.2, 0.25) is 5.78 Å². The van der Waals surface area contributed by atoms with Crippen LogP contribution in [-0.2, 0) is 33.5 Å². The largest absolute Gasteiger partial charge is 0.508 e. The van der Waals surface area contributed by atoms with Gasteiger partial charge in [0.05, 0.1) is 11.1 Å². The highest BCUT2D eigenvalue weighted by molar-refractivity contribution is 6.22. The number of alkyl halides is 3. The van der Waals surface area contributed by atoms with E-state index in [2.05, 4.69) is 0 Å². The van der Waals surface area contributed by atoms with E-state index >= 15 is 0 Å². The molecule has 3 aliphatic rings. The Hall–Kier alpha value is -3.38. The van der Waals surface area contributed by atoms with E-state index in [1.807, 2.05) is 20.8 Å². The fourth-order valence-corrected chi connectivity index (χ4v) is 6.13. The van der Waals surface area contributed by atoms with Crippen molar-refractivity contribution >= 4 is 23.2 Å². The Morgan fingerprint density at radius 2 is 1.77 bits per heavy atom. The van der Waals surface area contributed by atoms with Crippen LogP contribution in [0.5, 0.6) is 5.75 Å². The van der Waals surface area contributed by atoms with Gasteiger partial charge in [-0.15, -0.1) is 0 Å². The predicted molar refractivity (Wildman–Crippen MR) is 137 cm³/mol. The molecule has 12 heteroatoms. The number of benzene rings is 1. The molecule has 1 fully saturated rings. The third-order valence-corrected chi connectivity index (χ3v) is 8.12. The summed E-state index contributed by atoms with van der Waals surface area (Å²) in [4.78, 5) is 39.5. The van der Waals surface area contributed by atoms with Crippen molar-refractivity contribution < 1.29 is 48.0 Å². The first-order valence-corrected chi connectivity index (χ1v) is 12.9. The summed E-state index contributed by atoms with van der Waals surface area (Å²) in [5.74, 6) is -8.74. The molecule has 218 valence electrons. The van der Waals surface area contributed by atoms with Crippen LogP contribution in [-0.4, -0.2) is 62.0 Å². The molecule has 9 nitrogen and oxygen atoms in total. The third-order valence-electron chi connectivity index (χ3n) is 8.12. The summed E-state index contributed by atoms with van der Waals surface area (Å²) < 4.78 is 43.6. The number of hydrogen-bond acceptors (Lipinski definition) is 8. The van der Waals surface area contributed by atoms with Gasteiger partial charge in [-0.3, -0.25) is 14.4 Å². The molecular weight excluding hydrogens is 533 g/mol. The van der Waals surface area contributed by atoms with Crippen molar-refractivity contribution in [3.63, 3.8) is 0 Å². The predicted octanol–water partition coefficient (Wildman–Crippen LogP) is 3.31. The summed E-state index contributed by atoms with van der Waals surface area (Å²) in [5.41, 5.74) is -1.31. The Balaban J connectivity index is 1.86. The number of aliphatic hydroxyl groups is 3. The number of Topliss-reactive ketones (excluding diaryl/α,β-unsaturated/α-hetero) is 2. The van der Waals surface area contributed by atoms with Gasteiger partial charge in [0.1, 0.15) is 22.8 Å². The van der Waals surface area contributed by atoms with Crippen molar-refractivity contribution in [1.82, 2.24) is 4.90 Å². The number of amides is 1. The van der Waals surface area contributed by atoms with E-state index in [4.69, 9.17) is 5.73 Å². The molecule has 0 spiro atoms. The summed E-state index contributed by atoms with van der Waals surface area (Å²) in [6, 6.07) is 0.916. The van der Waals surface area contributed by atoms with Crippen LogP contribution in [0.1, 0.15) is 62.3 Å². The maximum Gasteiger partial charge on any atom is 0.417 e. The monoisotopic (exact) mass is 566 g/mol. The second kappa shape index (κ2) is 9.62. The summed E-state index contributed by atoms with van der Waals surface area (Å²) in [6.07, 6.45) is -5.39.